The molecule has 3 aliphatic heterocycles. The highest BCUT2D eigenvalue weighted by Crippen LogP contribution is 2.29. The van der Waals surface area contributed by atoms with Crippen LogP contribution >= 0.6 is 0 Å². The molecule has 4 rings (SSSR count). The molecule has 6 nitrogen and oxygen atoms in total. The van der Waals surface area contributed by atoms with E-state index >= 15 is 0 Å². The standard InChI is InChI=1S/C17H27N5O/c1-13-15(20-8-2-3-9-20)7-11-22(13)17(23)14-4-5-16-19-18-12-21(16)10-6-14/h12-15H,2-11H2,1H3. The maximum absolute atomic E-state index is 13.1. The molecule has 1 aromatic rings. The van der Waals surface area contributed by atoms with Crippen molar-refractivity contribution in [3.63, 3.8) is 0 Å². The van der Waals surface area contributed by atoms with Crippen LogP contribution in [-0.4, -0.2) is 62.2 Å². The number of rotatable bonds is 2. The Kier molecular flexibility index (Phi) is 4.09. The largest absolute Gasteiger partial charge is 0.338 e. The lowest BCUT2D eigenvalue weighted by Crippen LogP contribution is -2.46. The quantitative estimate of drug-likeness (QED) is 0.825. The number of likely N-dealkylation sites (tertiary alicyclic amines) is 2. The number of carbonyl (C=O) groups excluding carboxylic acids is 1. The molecule has 0 N–H and O–H groups in total. The van der Waals surface area contributed by atoms with Crippen LogP contribution in [0.25, 0.3) is 0 Å². The first-order valence-corrected chi connectivity index (χ1v) is 9.15. The minimum absolute atomic E-state index is 0.150. The molecule has 3 atom stereocenters. The molecule has 0 aliphatic carbocycles. The van der Waals surface area contributed by atoms with Crippen LogP contribution in [-0.2, 0) is 17.8 Å². The zero-order chi connectivity index (χ0) is 15.8. The van der Waals surface area contributed by atoms with E-state index in [1.54, 1.807) is 6.33 Å². The van der Waals surface area contributed by atoms with E-state index in [-0.39, 0.29) is 5.92 Å². The van der Waals surface area contributed by atoms with E-state index in [0.717, 1.165) is 44.6 Å². The lowest BCUT2D eigenvalue weighted by atomic mass is 9.98. The van der Waals surface area contributed by atoms with Crippen molar-refractivity contribution in [2.45, 2.75) is 64.1 Å². The van der Waals surface area contributed by atoms with Gasteiger partial charge >= 0.3 is 0 Å². The van der Waals surface area contributed by atoms with Crippen molar-refractivity contribution in [2.75, 3.05) is 19.6 Å². The van der Waals surface area contributed by atoms with Crippen molar-refractivity contribution in [2.24, 2.45) is 5.92 Å². The third-order valence-electron chi connectivity index (χ3n) is 6.09. The third-order valence-corrected chi connectivity index (χ3v) is 6.09. The zero-order valence-corrected chi connectivity index (χ0v) is 14.0. The summed E-state index contributed by atoms with van der Waals surface area (Å²) in [6.45, 7) is 6.49. The third kappa shape index (κ3) is 2.77. The van der Waals surface area contributed by atoms with Crippen LogP contribution in [0.1, 0.15) is 44.9 Å². The fraction of sp³-hybridized carbons (Fsp3) is 0.824. The van der Waals surface area contributed by atoms with E-state index in [2.05, 4.69) is 31.5 Å². The first-order valence-electron chi connectivity index (χ1n) is 9.15. The van der Waals surface area contributed by atoms with Crippen molar-refractivity contribution < 1.29 is 4.79 Å². The van der Waals surface area contributed by atoms with E-state index in [9.17, 15) is 4.79 Å². The normalized spacial score (nSPS) is 32.0. The summed E-state index contributed by atoms with van der Waals surface area (Å²) in [5.74, 6) is 1.55. The van der Waals surface area contributed by atoms with E-state index in [1.807, 2.05) is 0 Å². The van der Waals surface area contributed by atoms with Gasteiger partial charge in [0.2, 0.25) is 5.91 Å². The Morgan fingerprint density at radius 1 is 1.13 bits per heavy atom. The molecule has 4 heterocycles. The molecular formula is C17H27N5O. The molecule has 0 saturated carbocycles. The summed E-state index contributed by atoms with van der Waals surface area (Å²) in [6.07, 6.45) is 8.28. The number of hydrogen-bond donors (Lipinski definition) is 0. The molecule has 1 amide bonds. The molecule has 6 heteroatoms. The Morgan fingerprint density at radius 2 is 1.96 bits per heavy atom. The highest BCUT2D eigenvalue weighted by Gasteiger charge is 2.40. The van der Waals surface area contributed by atoms with Gasteiger partial charge in [0.1, 0.15) is 12.2 Å². The van der Waals surface area contributed by atoms with Gasteiger partial charge in [-0.1, -0.05) is 0 Å². The summed E-state index contributed by atoms with van der Waals surface area (Å²) < 4.78 is 2.10. The molecule has 2 saturated heterocycles. The molecule has 1 aromatic heterocycles. The Morgan fingerprint density at radius 3 is 2.78 bits per heavy atom. The lowest BCUT2D eigenvalue weighted by molar-refractivity contribution is -0.137. The highest BCUT2D eigenvalue weighted by molar-refractivity contribution is 5.79. The number of amides is 1. The molecule has 3 aliphatic rings. The molecule has 0 spiro atoms. The number of aromatic nitrogens is 3. The van der Waals surface area contributed by atoms with Gasteiger partial charge < -0.3 is 9.47 Å². The first kappa shape index (κ1) is 15.1. The monoisotopic (exact) mass is 317 g/mol. The SMILES string of the molecule is CC1C(N2CCCC2)CCN1C(=O)C1CCc2nncn2CC1. The molecule has 23 heavy (non-hydrogen) atoms. The summed E-state index contributed by atoms with van der Waals surface area (Å²) in [5, 5.41) is 8.14. The Labute approximate surface area is 137 Å². The predicted octanol–water partition coefficient (Wildman–Crippen LogP) is 1.32. The highest BCUT2D eigenvalue weighted by atomic mass is 16.2. The van der Waals surface area contributed by atoms with Gasteiger partial charge in [-0.15, -0.1) is 10.2 Å². The number of nitrogens with zero attached hydrogens (tertiary/aromatic N) is 5. The van der Waals surface area contributed by atoms with Crippen LogP contribution < -0.4 is 0 Å². The van der Waals surface area contributed by atoms with E-state index in [1.165, 1.54) is 25.9 Å². The summed E-state index contributed by atoms with van der Waals surface area (Å²) in [4.78, 5) is 17.8. The van der Waals surface area contributed by atoms with Crippen molar-refractivity contribution in [1.82, 2.24) is 24.6 Å². The maximum atomic E-state index is 13.1. The Balaban J connectivity index is 1.40. The van der Waals surface area contributed by atoms with E-state index in [0.29, 0.717) is 18.0 Å². The summed E-state index contributed by atoms with van der Waals surface area (Å²) in [5.41, 5.74) is 0. The first-order chi connectivity index (χ1) is 11.2. The minimum atomic E-state index is 0.150. The molecule has 0 bridgehead atoms. The summed E-state index contributed by atoms with van der Waals surface area (Å²) in [7, 11) is 0. The van der Waals surface area contributed by atoms with Crippen molar-refractivity contribution in [3.8, 4) is 0 Å². The molecular weight excluding hydrogens is 290 g/mol. The van der Waals surface area contributed by atoms with Gasteiger partial charge in [0.05, 0.1) is 0 Å². The van der Waals surface area contributed by atoms with Gasteiger partial charge in [0.15, 0.2) is 0 Å². The molecule has 0 radical (unpaired) electrons. The Bertz CT molecular complexity index is 543. The Hall–Kier alpha value is -1.43. The number of carbonyl (C=O) groups is 1. The van der Waals surface area contributed by atoms with Crippen molar-refractivity contribution in [3.05, 3.63) is 12.2 Å². The second kappa shape index (κ2) is 6.23. The van der Waals surface area contributed by atoms with Gasteiger partial charge in [-0.3, -0.25) is 9.69 Å². The van der Waals surface area contributed by atoms with Crippen LogP contribution in [0.5, 0.6) is 0 Å². The fourth-order valence-corrected chi connectivity index (χ4v) is 4.68. The molecule has 0 aromatic carbocycles. The predicted molar refractivity (Wildman–Crippen MR) is 86.8 cm³/mol. The van der Waals surface area contributed by atoms with Gasteiger partial charge in [-0.05, 0) is 52.1 Å². The molecule has 2 fully saturated rings. The number of hydrogen-bond acceptors (Lipinski definition) is 4. The fourth-order valence-electron chi connectivity index (χ4n) is 4.68. The lowest BCUT2D eigenvalue weighted by Gasteiger charge is -2.32. The summed E-state index contributed by atoms with van der Waals surface area (Å²) >= 11 is 0. The maximum Gasteiger partial charge on any atom is 0.226 e. The second-order valence-corrected chi connectivity index (χ2v) is 7.34. The van der Waals surface area contributed by atoms with Crippen molar-refractivity contribution >= 4 is 5.91 Å². The zero-order valence-electron chi connectivity index (χ0n) is 14.0. The summed E-state index contributed by atoms with van der Waals surface area (Å²) in [6, 6.07) is 0.939. The van der Waals surface area contributed by atoms with Crippen LogP contribution in [0.3, 0.4) is 0 Å². The van der Waals surface area contributed by atoms with Crippen LogP contribution in [0, 0.1) is 5.92 Å². The van der Waals surface area contributed by atoms with Gasteiger partial charge in [-0.2, -0.15) is 0 Å². The topological polar surface area (TPSA) is 54.3 Å². The van der Waals surface area contributed by atoms with Crippen LogP contribution in [0.15, 0.2) is 6.33 Å². The number of fused-ring (bicyclic) bond motifs is 1. The molecule has 3 unspecified atom stereocenters. The van der Waals surface area contributed by atoms with Crippen molar-refractivity contribution in [1.29, 1.82) is 0 Å². The van der Waals surface area contributed by atoms with E-state index in [4.69, 9.17) is 0 Å². The average Bonchev–Trinajstić information content (AvgIpc) is 3.26. The van der Waals surface area contributed by atoms with Crippen LogP contribution in [0.4, 0.5) is 0 Å². The van der Waals surface area contributed by atoms with E-state index < -0.39 is 0 Å². The second-order valence-electron chi connectivity index (χ2n) is 7.34. The van der Waals surface area contributed by atoms with Gasteiger partial charge in [-0.25, -0.2) is 0 Å². The van der Waals surface area contributed by atoms with Gasteiger partial charge in [0.25, 0.3) is 0 Å². The average molecular weight is 317 g/mol. The number of aryl methyl sites for hydroxylation is 2. The molecule has 126 valence electrons. The van der Waals surface area contributed by atoms with Crippen LogP contribution in [0.2, 0.25) is 0 Å². The smallest absolute Gasteiger partial charge is 0.226 e. The van der Waals surface area contributed by atoms with Gasteiger partial charge in [0, 0.05) is 37.5 Å². The minimum Gasteiger partial charge on any atom is -0.338 e.